The molecule has 1 aromatic heterocycles. The number of hydrogen-bond donors (Lipinski definition) is 2. The van der Waals surface area contributed by atoms with Crippen LogP contribution < -0.4 is 5.32 Å². The van der Waals surface area contributed by atoms with Crippen LogP contribution in [0.5, 0.6) is 0 Å². The number of thiophene rings is 1. The van der Waals surface area contributed by atoms with Gasteiger partial charge in [0.2, 0.25) is 0 Å². The van der Waals surface area contributed by atoms with Gasteiger partial charge in [0.05, 0.1) is 12.1 Å². The van der Waals surface area contributed by atoms with Crippen molar-refractivity contribution >= 4 is 17.2 Å². The molecule has 1 aliphatic carbocycles. The Labute approximate surface area is 124 Å². The van der Waals surface area contributed by atoms with E-state index in [1.807, 2.05) is 24.4 Å². The van der Waals surface area contributed by atoms with Crippen LogP contribution in [0.25, 0.3) is 0 Å². The minimum Gasteiger partial charge on any atom is -0.393 e. The van der Waals surface area contributed by atoms with E-state index in [0.717, 1.165) is 17.7 Å². The molecule has 0 aromatic carbocycles. The smallest absolute Gasteiger partial charge is 0.252 e. The number of rotatable bonds is 6. The normalized spacial score (nSPS) is 24.0. The fourth-order valence-electron chi connectivity index (χ4n) is 2.53. The summed E-state index contributed by atoms with van der Waals surface area (Å²) in [5.41, 5.74) is -0.827. The Morgan fingerprint density at radius 3 is 2.80 bits per heavy atom. The number of hydrogen-bond acceptors (Lipinski definition) is 4. The van der Waals surface area contributed by atoms with Crippen molar-refractivity contribution < 1.29 is 14.6 Å². The van der Waals surface area contributed by atoms with Crippen LogP contribution in [-0.2, 0) is 9.53 Å². The predicted octanol–water partition coefficient (Wildman–Crippen LogP) is 2.49. The van der Waals surface area contributed by atoms with Crippen molar-refractivity contribution in [3.05, 3.63) is 22.4 Å². The molecule has 0 saturated heterocycles. The lowest BCUT2D eigenvalue weighted by atomic mass is 9.76. The van der Waals surface area contributed by atoms with Crippen LogP contribution in [0.2, 0.25) is 0 Å². The minimum absolute atomic E-state index is 0.0226. The average molecular weight is 297 g/mol. The minimum atomic E-state index is -0.827. The second-order valence-electron chi connectivity index (χ2n) is 5.80. The summed E-state index contributed by atoms with van der Waals surface area (Å²) in [6, 6.07) is 4.00. The fraction of sp³-hybridized carbons (Fsp3) is 0.667. The zero-order valence-electron chi connectivity index (χ0n) is 12.3. The Kier molecular flexibility index (Phi) is 4.83. The van der Waals surface area contributed by atoms with Crippen molar-refractivity contribution in [3.63, 3.8) is 0 Å². The lowest BCUT2D eigenvalue weighted by Gasteiger charge is -2.39. The maximum atomic E-state index is 12.4. The Morgan fingerprint density at radius 2 is 2.30 bits per heavy atom. The molecule has 1 aromatic rings. The molecular formula is C15H23NO3S. The molecule has 20 heavy (non-hydrogen) atoms. The SMILES string of the molecule is CCOC(C)(C)C(=O)N[C@@H](c1cccs1)C1CC(O)C1. The first-order valence-electron chi connectivity index (χ1n) is 7.10. The van der Waals surface area contributed by atoms with Crippen LogP contribution >= 0.6 is 11.3 Å². The molecule has 1 fully saturated rings. The molecule has 2 N–H and O–H groups in total. The van der Waals surface area contributed by atoms with Crippen molar-refractivity contribution in [1.29, 1.82) is 0 Å². The van der Waals surface area contributed by atoms with Gasteiger partial charge in [-0.15, -0.1) is 11.3 Å². The molecule has 0 unspecified atom stereocenters. The van der Waals surface area contributed by atoms with Gasteiger partial charge in [-0.1, -0.05) is 6.07 Å². The zero-order chi connectivity index (χ0) is 14.8. The highest BCUT2D eigenvalue weighted by molar-refractivity contribution is 7.10. The second kappa shape index (κ2) is 6.24. The Hall–Kier alpha value is -0.910. The molecule has 1 atom stereocenters. The van der Waals surface area contributed by atoms with Crippen LogP contribution in [0.4, 0.5) is 0 Å². The van der Waals surface area contributed by atoms with Crippen molar-refractivity contribution in [3.8, 4) is 0 Å². The number of aliphatic hydroxyl groups excluding tert-OH is 1. The summed E-state index contributed by atoms with van der Waals surface area (Å²) in [6.45, 7) is 5.96. The van der Waals surface area contributed by atoms with Gasteiger partial charge in [-0.05, 0) is 51.0 Å². The fourth-order valence-corrected chi connectivity index (χ4v) is 3.40. The summed E-state index contributed by atoms with van der Waals surface area (Å²) in [5, 5.41) is 14.6. The van der Waals surface area contributed by atoms with Gasteiger partial charge >= 0.3 is 0 Å². The van der Waals surface area contributed by atoms with Crippen LogP contribution in [0.15, 0.2) is 17.5 Å². The number of amides is 1. The van der Waals surface area contributed by atoms with E-state index in [4.69, 9.17) is 4.74 Å². The molecule has 0 aliphatic heterocycles. The van der Waals surface area contributed by atoms with E-state index in [0.29, 0.717) is 12.5 Å². The first-order chi connectivity index (χ1) is 9.44. The molecule has 0 bridgehead atoms. The monoisotopic (exact) mass is 297 g/mol. The topological polar surface area (TPSA) is 58.6 Å². The molecule has 4 nitrogen and oxygen atoms in total. The molecule has 1 aliphatic rings. The summed E-state index contributed by atoms with van der Waals surface area (Å²) in [7, 11) is 0. The number of aliphatic hydroxyl groups is 1. The summed E-state index contributed by atoms with van der Waals surface area (Å²) >= 11 is 1.64. The molecule has 112 valence electrons. The van der Waals surface area contributed by atoms with Crippen molar-refractivity contribution in [2.24, 2.45) is 5.92 Å². The van der Waals surface area contributed by atoms with Gasteiger partial charge in [-0.25, -0.2) is 0 Å². The van der Waals surface area contributed by atoms with Crippen LogP contribution in [0, 0.1) is 5.92 Å². The molecule has 1 heterocycles. The van der Waals surface area contributed by atoms with E-state index in [1.165, 1.54) is 0 Å². The Bertz CT molecular complexity index is 438. The first-order valence-corrected chi connectivity index (χ1v) is 7.98. The Morgan fingerprint density at radius 1 is 1.60 bits per heavy atom. The third kappa shape index (κ3) is 3.40. The first kappa shape index (κ1) is 15.5. The Balaban J connectivity index is 2.07. The maximum absolute atomic E-state index is 12.4. The number of carbonyl (C=O) groups is 1. The molecule has 2 rings (SSSR count). The van der Waals surface area contributed by atoms with Gasteiger partial charge in [0, 0.05) is 11.5 Å². The van der Waals surface area contributed by atoms with Gasteiger partial charge in [0.1, 0.15) is 5.60 Å². The number of ether oxygens (including phenoxy) is 1. The molecule has 0 radical (unpaired) electrons. The quantitative estimate of drug-likeness (QED) is 0.848. The lowest BCUT2D eigenvalue weighted by molar-refractivity contribution is -0.144. The lowest BCUT2D eigenvalue weighted by Crippen LogP contribution is -2.49. The molecule has 1 saturated carbocycles. The summed E-state index contributed by atoms with van der Waals surface area (Å²) in [6.07, 6.45) is 1.27. The van der Waals surface area contributed by atoms with Crippen LogP contribution in [-0.4, -0.2) is 29.3 Å². The van der Waals surface area contributed by atoms with E-state index >= 15 is 0 Å². The van der Waals surface area contributed by atoms with E-state index in [2.05, 4.69) is 5.32 Å². The van der Waals surface area contributed by atoms with Crippen LogP contribution in [0.3, 0.4) is 0 Å². The largest absolute Gasteiger partial charge is 0.393 e. The zero-order valence-corrected chi connectivity index (χ0v) is 13.1. The van der Waals surface area contributed by atoms with Gasteiger partial charge < -0.3 is 15.2 Å². The van der Waals surface area contributed by atoms with Gasteiger partial charge in [-0.3, -0.25) is 4.79 Å². The van der Waals surface area contributed by atoms with Crippen molar-refractivity contribution in [1.82, 2.24) is 5.32 Å². The van der Waals surface area contributed by atoms with E-state index in [-0.39, 0.29) is 18.1 Å². The molecular weight excluding hydrogens is 274 g/mol. The predicted molar refractivity (Wildman–Crippen MR) is 79.6 cm³/mol. The summed E-state index contributed by atoms with van der Waals surface area (Å²) in [4.78, 5) is 13.5. The number of carbonyl (C=O) groups excluding carboxylic acids is 1. The molecule has 5 heteroatoms. The standard InChI is InChI=1S/C15H23NO3S/c1-4-19-15(2,3)14(18)16-13(10-8-11(17)9-10)12-6-5-7-20-12/h5-7,10-11,13,17H,4,8-9H2,1-3H3,(H,16,18)/t10?,11?,13-/m1/s1. The van der Waals surface area contributed by atoms with Gasteiger partial charge in [0.15, 0.2) is 0 Å². The van der Waals surface area contributed by atoms with Gasteiger partial charge in [0.25, 0.3) is 5.91 Å². The highest BCUT2D eigenvalue weighted by atomic mass is 32.1. The average Bonchev–Trinajstić information content (AvgIpc) is 2.85. The number of nitrogens with one attached hydrogen (secondary N) is 1. The van der Waals surface area contributed by atoms with Crippen molar-refractivity contribution in [2.45, 2.75) is 51.4 Å². The highest BCUT2D eigenvalue weighted by Gasteiger charge is 2.38. The molecule has 1 amide bonds. The van der Waals surface area contributed by atoms with Gasteiger partial charge in [-0.2, -0.15) is 0 Å². The maximum Gasteiger partial charge on any atom is 0.252 e. The van der Waals surface area contributed by atoms with Crippen LogP contribution in [0.1, 0.15) is 44.5 Å². The third-order valence-corrected chi connectivity index (χ3v) is 4.76. The van der Waals surface area contributed by atoms with E-state index < -0.39 is 5.60 Å². The third-order valence-electron chi connectivity index (χ3n) is 3.81. The second-order valence-corrected chi connectivity index (χ2v) is 6.77. The van der Waals surface area contributed by atoms with E-state index in [9.17, 15) is 9.90 Å². The summed E-state index contributed by atoms with van der Waals surface area (Å²) < 4.78 is 5.50. The summed E-state index contributed by atoms with van der Waals surface area (Å²) in [5.74, 6) is 0.212. The van der Waals surface area contributed by atoms with E-state index in [1.54, 1.807) is 25.2 Å². The highest BCUT2D eigenvalue weighted by Crippen LogP contribution is 2.39. The molecule has 0 spiro atoms. The van der Waals surface area contributed by atoms with Crippen molar-refractivity contribution in [2.75, 3.05) is 6.61 Å².